The van der Waals surface area contributed by atoms with Gasteiger partial charge in [0.15, 0.2) is 0 Å². The van der Waals surface area contributed by atoms with Crippen LogP contribution < -0.4 is 0 Å². The van der Waals surface area contributed by atoms with Crippen molar-refractivity contribution in [3.8, 4) is 0 Å². The van der Waals surface area contributed by atoms with E-state index < -0.39 is 0 Å². The number of nitrogens with zero attached hydrogens (tertiary/aromatic N) is 1. The van der Waals surface area contributed by atoms with Gasteiger partial charge < -0.3 is 4.90 Å². The summed E-state index contributed by atoms with van der Waals surface area (Å²) in [6.45, 7) is 13.1. The molecule has 17 heavy (non-hydrogen) atoms. The molecule has 1 aliphatic carbocycles. The van der Waals surface area contributed by atoms with Crippen LogP contribution >= 0.6 is 0 Å². The lowest BCUT2D eigenvalue weighted by Crippen LogP contribution is -2.19. The van der Waals surface area contributed by atoms with Gasteiger partial charge in [-0.3, -0.25) is 0 Å². The average molecular weight is 233 g/mol. The fourth-order valence-electron chi connectivity index (χ4n) is 2.59. The van der Waals surface area contributed by atoms with Gasteiger partial charge in [0, 0.05) is 18.4 Å². The summed E-state index contributed by atoms with van der Waals surface area (Å²) in [7, 11) is 0. The first-order chi connectivity index (χ1) is 8.09. The number of hydrogen-bond donors (Lipinski definition) is 0. The van der Waals surface area contributed by atoms with Crippen LogP contribution in [0.15, 0.2) is 35.7 Å². The Morgan fingerprint density at radius 1 is 1.12 bits per heavy atom. The predicted octanol–water partition coefficient (Wildman–Crippen LogP) is 4.74. The predicted molar refractivity (Wildman–Crippen MR) is 76.6 cm³/mol. The topological polar surface area (TPSA) is 3.24 Å². The van der Waals surface area contributed by atoms with Crippen LogP contribution in [0.25, 0.3) is 0 Å². The maximum Gasteiger partial charge on any atom is 0.0274 e. The van der Waals surface area contributed by atoms with Gasteiger partial charge in [-0.05, 0) is 49.3 Å². The molecule has 1 heteroatoms. The fraction of sp³-hybridized carbons (Fsp3) is 0.625. The Labute approximate surface area is 107 Å². The third-order valence-electron chi connectivity index (χ3n) is 3.52. The summed E-state index contributed by atoms with van der Waals surface area (Å²) in [5.74, 6) is 1.44. The normalized spacial score (nSPS) is 26.9. The van der Waals surface area contributed by atoms with Gasteiger partial charge in [0.1, 0.15) is 0 Å². The minimum absolute atomic E-state index is 0.546. The lowest BCUT2D eigenvalue weighted by atomic mass is 10.0. The molecule has 96 valence electrons. The van der Waals surface area contributed by atoms with Crippen molar-refractivity contribution >= 4 is 0 Å². The van der Waals surface area contributed by atoms with E-state index in [2.05, 4.69) is 57.1 Å². The lowest BCUT2D eigenvalue weighted by Gasteiger charge is -2.21. The van der Waals surface area contributed by atoms with Crippen molar-refractivity contribution in [2.24, 2.45) is 11.8 Å². The Morgan fingerprint density at radius 3 is 2.29 bits per heavy atom. The van der Waals surface area contributed by atoms with E-state index in [-0.39, 0.29) is 0 Å². The number of fused-ring (bicyclic) bond motifs is 1. The molecule has 0 aromatic carbocycles. The van der Waals surface area contributed by atoms with Gasteiger partial charge in [-0.25, -0.2) is 0 Å². The Kier molecular flexibility index (Phi) is 5.04. The summed E-state index contributed by atoms with van der Waals surface area (Å²) in [6, 6.07) is 0.546. The van der Waals surface area contributed by atoms with Crippen molar-refractivity contribution in [1.29, 1.82) is 0 Å². The third kappa shape index (κ3) is 3.02. The molecule has 1 fully saturated rings. The first-order valence-electron chi connectivity index (χ1n) is 6.97. The van der Waals surface area contributed by atoms with Crippen LogP contribution in [0.2, 0.25) is 0 Å². The molecule has 0 saturated heterocycles. The molecule has 0 bridgehead atoms. The van der Waals surface area contributed by atoms with Crippen LogP contribution in [-0.2, 0) is 0 Å². The molecule has 2 aliphatic rings. The summed E-state index contributed by atoms with van der Waals surface area (Å²) >= 11 is 0. The van der Waals surface area contributed by atoms with Crippen LogP contribution in [0.4, 0.5) is 0 Å². The van der Waals surface area contributed by atoms with E-state index in [0.717, 1.165) is 5.92 Å². The van der Waals surface area contributed by atoms with E-state index in [0.29, 0.717) is 12.0 Å². The fourth-order valence-corrected chi connectivity index (χ4v) is 2.59. The molecular weight excluding hydrogens is 206 g/mol. The second kappa shape index (κ2) is 6.09. The van der Waals surface area contributed by atoms with Gasteiger partial charge in [-0.2, -0.15) is 0 Å². The highest BCUT2D eigenvalue weighted by molar-refractivity contribution is 5.42. The van der Waals surface area contributed by atoms with Gasteiger partial charge in [-0.1, -0.05) is 33.8 Å². The zero-order chi connectivity index (χ0) is 13.0. The first kappa shape index (κ1) is 14.1. The Bertz CT molecular complexity index is 333. The van der Waals surface area contributed by atoms with Crippen LogP contribution in [0, 0.1) is 11.8 Å². The zero-order valence-corrected chi connectivity index (χ0v) is 12.2. The molecule has 0 radical (unpaired) electrons. The molecule has 2 unspecified atom stereocenters. The van der Waals surface area contributed by atoms with E-state index in [1.807, 2.05) is 13.8 Å². The molecule has 2 rings (SSSR count). The highest BCUT2D eigenvalue weighted by Gasteiger charge is 2.29. The van der Waals surface area contributed by atoms with Crippen molar-refractivity contribution < 1.29 is 0 Å². The monoisotopic (exact) mass is 233 g/mol. The third-order valence-corrected chi connectivity index (χ3v) is 3.52. The largest absolute Gasteiger partial charge is 0.352 e. The summed E-state index contributed by atoms with van der Waals surface area (Å²) < 4.78 is 0. The molecule has 1 saturated carbocycles. The van der Waals surface area contributed by atoms with Gasteiger partial charge in [0.05, 0.1) is 0 Å². The molecule has 0 N–H and O–H groups in total. The zero-order valence-electron chi connectivity index (χ0n) is 12.2. The summed E-state index contributed by atoms with van der Waals surface area (Å²) in [4.78, 5) is 2.31. The van der Waals surface area contributed by atoms with Crippen LogP contribution in [-0.4, -0.2) is 10.9 Å². The molecule has 0 amide bonds. The van der Waals surface area contributed by atoms with E-state index in [4.69, 9.17) is 0 Å². The van der Waals surface area contributed by atoms with Crippen LogP contribution in [0.5, 0.6) is 0 Å². The summed E-state index contributed by atoms with van der Waals surface area (Å²) in [6.07, 6.45) is 10.3. The second-order valence-corrected chi connectivity index (χ2v) is 5.13. The second-order valence-electron chi connectivity index (χ2n) is 5.13. The number of allylic oxidation sites excluding steroid dienone is 4. The molecular formula is C16H27N. The number of rotatable bonds is 1. The van der Waals surface area contributed by atoms with Crippen molar-refractivity contribution in [2.75, 3.05) is 0 Å². The molecule has 0 spiro atoms. The van der Waals surface area contributed by atoms with Gasteiger partial charge >= 0.3 is 0 Å². The van der Waals surface area contributed by atoms with Crippen molar-refractivity contribution in [2.45, 2.75) is 54.0 Å². The van der Waals surface area contributed by atoms with Crippen molar-refractivity contribution in [3.05, 3.63) is 35.7 Å². The van der Waals surface area contributed by atoms with Gasteiger partial charge in [0.2, 0.25) is 0 Å². The van der Waals surface area contributed by atoms with E-state index >= 15 is 0 Å². The standard InChI is InChI=1S/C14H21N.C2H6/c1-10(2)15-7-5-6-13-11(3)8-12(4)14(13)9-15;1-2/h5-7,9-12H,8H2,1-4H3;1-2H3. The maximum absolute atomic E-state index is 2.34. The quantitative estimate of drug-likeness (QED) is 0.632. The van der Waals surface area contributed by atoms with Crippen LogP contribution in [0.3, 0.4) is 0 Å². The Balaban J connectivity index is 0.000000686. The van der Waals surface area contributed by atoms with E-state index in [1.54, 1.807) is 11.1 Å². The van der Waals surface area contributed by atoms with Crippen molar-refractivity contribution in [1.82, 2.24) is 4.90 Å². The van der Waals surface area contributed by atoms with Crippen molar-refractivity contribution in [3.63, 3.8) is 0 Å². The lowest BCUT2D eigenvalue weighted by molar-refractivity contribution is 0.412. The molecule has 0 aromatic heterocycles. The Morgan fingerprint density at radius 2 is 1.71 bits per heavy atom. The molecule has 2 atom stereocenters. The maximum atomic E-state index is 2.34. The molecule has 0 aromatic rings. The van der Waals surface area contributed by atoms with Gasteiger partial charge in [-0.15, -0.1) is 0 Å². The first-order valence-corrected chi connectivity index (χ1v) is 6.97. The van der Waals surface area contributed by atoms with E-state index in [1.165, 1.54) is 6.42 Å². The highest BCUT2D eigenvalue weighted by atomic mass is 15.1. The Hall–Kier alpha value is -0.980. The summed E-state index contributed by atoms with van der Waals surface area (Å²) in [5, 5.41) is 0. The minimum atomic E-state index is 0.546. The summed E-state index contributed by atoms with van der Waals surface area (Å²) in [5.41, 5.74) is 3.09. The number of hydrogen-bond acceptors (Lipinski definition) is 1. The van der Waals surface area contributed by atoms with E-state index in [9.17, 15) is 0 Å². The molecule has 1 aliphatic heterocycles. The highest BCUT2D eigenvalue weighted by Crippen LogP contribution is 2.41. The smallest absolute Gasteiger partial charge is 0.0274 e. The SMILES string of the molecule is CC.CC1CC(C)C2=CN(C(C)C)C=CC=C21. The minimum Gasteiger partial charge on any atom is -0.352 e. The molecule has 1 heterocycles. The van der Waals surface area contributed by atoms with Crippen LogP contribution in [0.1, 0.15) is 48.0 Å². The average Bonchev–Trinajstić information content (AvgIpc) is 2.51. The molecule has 1 nitrogen and oxygen atoms in total. The van der Waals surface area contributed by atoms with Gasteiger partial charge in [0.25, 0.3) is 0 Å².